The normalized spacial score (nSPS) is 10.0. The van der Waals surface area contributed by atoms with Gasteiger partial charge in [0, 0.05) is 0 Å². The Labute approximate surface area is 152 Å². The second kappa shape index (κ2) is 8.84. The van der Waals surface area contributed by atoms with Crippen LogP contribution in [0.3, 0.4) is 0 Å². The van der Waals surface area contributed by atoms with Crippen molar-refractivity contribution in [3.05, 3.63) is 35.9 Å². The molecular weight excluding hydrogens is 340 g/mol. The second-order valence-electron chi connectivity index (χ2n) is 5.18. The highest BCUT2D eigenvalue weighted by molar-refractivity contribution is 5.77. The van der Waals surface area contributed by atoms with Crippen molar-refractivity contribution < 1.29 is 33.2 Å². The van der Waals surface area contributed by atoms with Crippen LogP contribution in [0.25, 0.3) is 0 Å². The fourth-order valence-corrected chi connectivity index (χ4v) is 2.47. The molecular formula is C19H22O7. The molecule has 0 aliphatic rings. The van der Waals surface area contributed by atoms with Crippen molar-refractivity contribution in [3.8, 4) is 34.5 Å². The molecule has 7 nitrogen and oxygen atoms in total. The molecule has 0 aromatic heterocycles. The van der Waals surface area contributed by atoms with Crippen LogP contribution in [0.15, 0.2) is 30.3 Å². The Morgan fingerprint density at radius 3 is 1.65 bits per heavy atom. The van der Waals surface area contributed by atoms with E-state index in [1.165, 1.54) is 35.5 Å². The summed E-state index contributed by atoms with van der Waals surface area (Å²) in [6, 6.07) is 8.51. The van der Waals surface area contributed by atoms with E-state index in [0.29, 0.717) is 34.3 Å². The van der Waals surface area contributed by atoms with Crippen molar-refractivity contribution in [2.75, 3.05) is 35.5 Å². The maximum atomic E-state index is 12.4. The molecule has 26 heavy (non-hydrogen) atoms. The van der Waals surface area contributed by atoms with Crippen LogP contribution >= 0.6 is 0 Å². The quantitative estimate of drug-likeness (QED) is 0.528. The van der Waals surface area contributed by atoms with Gasteiger partial charge in [0.1, 0.15) is 0 Å². The predicted molar refractivity (Wildman–Crippen MR) is 95.0 cm³/mol. The summed E-state index contributed by atoms with van der Waals surface area (Å²) in [5, 5.41) is 0. The molecule has 0 bridgehead atoms. The van der Waals surface area contributed by atoms with E-state index in [1.54, 1.807) is 30.3 Å². The number of esters is 1. The van der Waals surface area contributed by atoms with Gasteiger partial charge in [-0.3, -0.25) is 4.79 Å². The van der Waals surface area contributed by atoms with Crippen LogP contribution in [-0.4, -0.2) is 41.5 Å². The van der Waals surface area contributed by atoms with Gasteiger partial charge in [-0.25, -0.2) is 0 Å². The van der Waals surface area contributed by atoms with E-state index in [2.05, 4.69) is 0 Å². The molecule has 7 heteroatoms. The number of benzene rings is 2. The van der Waals surface area contributed by atoms with Crippen molar-refractivity contribution in [2.45, 2.75) is 6.42 Å². The number of rotatable bonds is 8. The first-order chi connectivity index (χ1) is 12.6. The fourth-order valence-electron chi connectivity index (χ4n) is 2.47. The Morgan fingerprint density at radius 1 is 0.731 bits per heavy atom. The lowest BCUT2D eigenvalue weighted by Crippen LogP contribution is -2.13. The van der Waals surface area contributed by atoms with E-state index in [9.17, 15) is 4.79 Å². The number of methoxy groups -OCH3 is 5. The molecule has 0 radical (unpaired) electrons. The SMILES string of the molecule is COc1cc(CC(=O)Oc2c(OC)cccc2OC)cc(OC)c1OC. The van der Waals surface area contributed by atoms with E-state index in [4.69, 9.17) is 28.4 Å². The van der Waals surface area contributed by atoms with Gasteiger partial charge in [-0.15, -0.1) is 0 Å². The molecule has 0 atom stereocenters. The Kier molecular flexibility index (Phi) is 6.54. The highest BCUT2D eigenvalue weighted by atomic mass is 16.6. The van der Waals surface area contributed by atoms with Crippen LogP contribution in [0.4, 0.5) is 0 Å². The first-order valence-electron chi connectivity index (χ1n) is 7.78. The molecule has 0 amide bonds. The maximum absolute atomic E-state index is 12.4. The van der Waals surface area contributed by atoms with E-state index in [1.807, 2.05) is 0 Å². The third-order valence-electron chi connectivity index (χ3n) is 3.67. The first-order valence-corrected chi connectivity index (χ1v) is 7.78. The number of ether oxygens (including phenoxy) is 6. The van der Waals surface area contributed by atoms with Crippen LogP contribution in [0.5, 0.6) is 34.5 Å². The molecule has 2 aromatic rings. The lowest BCUT2D eigenvalue weighted by molar-refractivity contribution is -0.133. The molecule has 0 heterocycles. The van der Waals surface area contributed by atoms with Gasteiger partial charge in [0.2, 0.25) is 11.5 Å². The summed E-state index contributed by atoms with van der Waals surface area (Å²) in [7, 11) is 7.52. The van der Waals surface area contributed by atoms with Crippen molar-refractivity contribution in [1.82, 2.24) is 0 Å². The van der Waals surface area contributed by atoms with E-state index >= 15 is 0 Å². The molecule has 140 valence electrons. The molecule has 0 saturated heterocycles. The highest BCUT2D eigenvalue weighted by Crippen LogP contribution is 2.39. The molecule has 2 rings (SSSR count). The number of hydrogen-bond acceptors (Lipinski definition) is 7. The van der Waals surface area contributed by atoms with Crippen LogP contribution in [0.2, 0.25) is 0 Å². The summed E-state index contributed by atoms with van der Waals surface area (Å²) in [5.74, 6) is 1.94. The van der Waals surface area contributed by atoms with Gasteiger partial charge in [-0.2, -0.15) is 0 Å². The van der Waals surface area contributed by atoms with Crippen molar-refractivity contribution in [3.63, 3.8) is 0 Å². The fraction of sp³-hybridized carbons (Fsp3) is 0.316. The van der Waals surface area contributed by atoms with Gasteiger partial charge >= 0.3 is 5.97 Å². The zero-order valence-corrected chi connectivity index (χ0v) is 15.5. The van der Waals surface area contributed by atoms with Crippen molar-refractivity contribution in [1.29, 1.82) is 0 Å². The molecule has 0 aliphatic carbocycles. The Balaban J connectivity index is 2.26. The lowest BCUT2D eigenvalue weighted by atomic mass is 10.1. The molecule has 0 spiro atoms. The summed E-state index contributed by atoms with van der Waals surface area (Å²) < 4.78 is 31.8. The van der Waals surface area contributed by atoms with E-state index < -0.39 is 5.97 Å². The minimum atomic E-state index is -0.484. The van der Waals surface area contributed by atoms with Gasteiger partial charge in [-0.1, -0.05) is 6.07 Å². The minimum absolute atomic E-state index is 0.00207. The average molecular weight is 362 g/mol. The number of hydrogen-bond donors (Lipinski definition) is 0. The van der Waals surface area contributed by atoms with Crippen LogP contribution in [0, 0.1) is 0 Å². The topological polar surface area (TPSA) is 72.5 Å². The van der Waals surface area contributed by atoms with Gasteiger partial charge in [0.15, 0.2) is 23.0 Å². The second-order valence-corrected chi connectivity index (χ2v) is 5.18. The Hall–Kier alpha value is -3.09. The Bertz CT molecular complexity index is 723. The van der Waals surface area contributed by atoms with Crippen LogP contribution in [0.1, 0.15) is 5.56 Å². The Morgan fingerprint density at radius 2 is 1.23 bits per heavy atom. The standard InChI is InChI=1S/C19H22O7/c1-21-13-7-6-8-14(22-2)19(13)26-17(20)11-12-9-15(23-3)18(25-5)16(10-12)24-4/h6-10H,11H2,1-5H3. The largest absolute Gasteiger partial charge is 0.493 e. The maximum Gasteiger partial charge on any atom is 0.315 e. The smallest absolute Gasteiger partial charge is 0.315 e. The molecule has 2 aromatic carbocycles. The monoisotopic (exact) mass is 362 g/mol. The average Bonchev–Trinajstić information content (AvgIpc) is 2.67. The van der Waals surface area contributed by atoms with E-state index in [-0.39, 0.29) is 12.2 Å². The first kappa shape index (κ1) is 19.2. The van der Waals surface area contributed by atoms with Crippen molar-refractivity contribution >= 4 is 5.97 Å². The van der Waals surface area contributed by atoms with Gasteiger partial charge < -0.3 is 28.4 Å². The van der Waals surface area contributed by atoms with E-state index in [0.717, 1.165) is 0 Å². The van der Waals surface area contributed by atoms with Crippen LogP contribution < -0.4 is 28.4 Å². The third kappa shape index (κ3) is 4.11. The summed E-state index contributed by atoms with van der Waals surface area (Å²) in [6.07, 6.45) is -0.00207. The lowest BCUT2D eigenvalue weighted by Gasteiger charge is -2.15. The summed E-state index contributed by atoms with van der Waals surface area (Å²) in [4.78, 5) is 12.4. The van der Waals surface area contributed by atoms with Gasteiger partial charge in [-0.05, 0) is 29.8 Å². The summed E-state index contributed by atoms with van der Waals surface area (Å²) in [6.45, 7) is 0. The summed E-state index contributed by atoms with van der Waals surface area (Å²) in [5.41, 5.74) is 0.651. The third-order valence-corrected chi connectivity index (χ3v) is 3.67. The number of para-hydroxylation sites is 1. The summed E-state index contributed by atoms with van der Waals surface area (Å²) >= 11 is 0. The highest BCUT2D eigenvalue weighted by Gasteiger charge is 2.19. The molecule has 0 unspecified atom stereocenters. The molecule has 0 N–H and O–H groups in total. The number of carbonyl (C=O) groups is 1. The molecule has 0 aliphatic heterocycles. The zero-order valence-electron chi connectivity index (χ0n) is 15.5. The van der Waals surface area contributed by atoms with Crippen molar-refractivity contribution in [2.24, 2.45) is 0 Å². The van der Waals surface area contributed by atoms with Gasteiger partial charge in [0.05, 0.1) is 42.0 Å². The molecule has 0 saturated carbocycles. The predicted octanol–water partition coefficient (Wildman–Crippen LogP) is 2.88. The van der Waals surface area contributed by atoms with Gasteiger partial charge in [0.25, 0.3) is 0 Å². The molecule has 0 fully saturated rings. The zero-order chi connectivity index (χ0) is 19.1. The minimum Gasteiger partial charge on any atom is -0.493 e. The van der Waals surface area contributed by atoms with Crippen LogP contribution in [-0.2, 0) is 11.2 Å². The number of carbonyl (C=O) groups excluding carboxylic acids is 1.